The average Bonchev–Trinajstić information content (AvgIpc) is 2.78. The van der Waals surface area contributed by atoms with Crippen LogP contribution in [0.2, 0.25) is 0 Å². The van der Waals surface area contributed by atoms with E-state index in [1.165, 1.54) is 5.56 Å². The Morgan fingerprint density at radius 3 is 2.30 bits per heavy atom. The third kappa shape index (κ3) is 1.88. The van der Waals surface area contributed by atoms with Gasteiger partial charge in [0.05, 0.1) is 22.9 Å². The highest BCUT2D eigenvalue weighted by Crippen LogP contribution is 2.36. The van der Waals surface area contributed by atoms with Gasteiger partial charge in [-0.15, -0.1) is 0 Å². The number of hydrogen-bond donors (Lipinski definition) is 0. The highest BCUT2D eigenvalue weighted by Gasteiger charge is 2.51. The molecule has 0 atom stereocenters. The molecule has 1 aromatic heterocycles. The van der Waals surface area contributed by atoms with Crippen molar-refractivity contribution in [2.24, 2.45) is 7.05 Å². The van der Waals surface area contributed by atoms with Crippen LogP contribution in [0.1, 0.15) is 33.3 Å². The van der Waals surface area contributed by atoms with E-state index in [0.717, 1.165) is 16.4 Å². The molecular formula is C15H21BN2O2. The number of aryl methyl sites for hydroxylation is 2. The first-order chi connectivity index (χ1) is 9.21. The summed E-state index contributed by atoms with van der Waals surface area (Å²) < 4.78 is 14.1. The smallest absolute Gasteiger partial charge is 0.399 e. The van der Waals surface area contributed by atoms with Crippen LogP contribution < -0.4 is 5.46 Å². The summed E-state index contributed by atoms with van der Waals surface area (Å²) in [7, 11) is 1.65. The zero-order valence-corrected chi connectivity index (χ0v) is 13.0. The Hall–Kier alpha value is -1.33. The zero-order valence-electron chi connectivity index (χ0n) is 13.0. The molecule has 5 heteroatoms. The van der Waals surface area contributed by atoms with E-state index in [0.29, 0.717) is 0 Å². The topological polar surface area (TPSA) is 36.3 Å². The number of hydrogen-bond acceptors (Lipinski definition) is 3. The lowest BCUT2D eigenvalue weighted by Gasteiger charge is -2.32. The van der Waals surface area contributed by atoms with Crippen LogP contribution in [0.25, 0.3) is 10.9 Å². The number of nitrogens with zero attached hydrogens (tertiary/aromatic N) is 2. The lowest BCUT2D eigenvalue weighted by molar-refractivity contribution is 0.00578. The van der Waals surface area contributed by atoms with Crippen molar-refractivity contribution in [3.05, 3.63) is 23.9 Å². The van der Waals surface area contributed by atoms with Crippen LogP contribution in [-0.4, -0.2) is 28.1 Å². The van der Waals surface area contributed by atoms with E-state index in [4.69, 9.17) is 9.31 Å². The monoisotopic (exact) mass is 272 g/mol. The molecule has 0 N–H and O–H groups in total. The third-order valence-corrected chi connectivity index (χ3v) is 4.57. The van der Waals surface area contributed by atoms with Crippen molar-refractivity contribution in [3.8, 4) is 0 Å². The molecule has 2 heterocycles. The van der Waals surface area contributed by atoms with Gasteiger partial charge in [0.1, 0.15) is 0 Å². The van der Waals surface area contributed by atoms with Gasteiger partial charge >= 0.3 is 7.12 Å². The molecule has 1 aliphatic heterocycles. The van der Waals surface area contributed by atoms with Gasteiger partial charge in [-0.2, -0.15) is 5.10 Å². The molecule has 4 nitrogen and oxygen atoms in total. The molecule has 1 aliphatic rings. The average molecular weight is 272 g/mol. The number of aromatic nitrogens is 2. The van der Waals surface area contributed by atoms with E-state index < -0.39 is 0 Å². The number of fused-ring (bicyclic) bond motifs is 1. The second-order valence-electron chi connectivity index (χ2n) is 6.63. The highest BCUT2D eigenvalue weighted by atomic mass is 16.7. The molecule has 0 aliphatic carbocycles. The molecule has 0 saturated carbocycles. The molecule has 0 bridgehead atoms. The maximum atomic E-state index is 6.11. The first-order valence-electron chi connectivity index (χ1n) is 6.99. The summed E-state index contributed by atoms with van der Waals surface area (Å²) in [5.74, 6) is 0. The van der Waals surface area contributed by atoms with Gasteiger partial charge in [-0.1, -0.05) is 12.1 Å². The Balaban J connectivity index is 2.04. The Morgan fingerprint density at radius 2 is 1.70 bits per heavy atom. The molecule has 2 aromatic rings. The lowest BCUT2D eigenvalue weighted by Crippen LogP contribution is -2.41. The second kappa shape index (κ2) is 4.09. The molecule has 1 aromatic carbocycles. The van der Waals surface area contributed by atoms with Gasteiger partial charge in [-0.05, 0) is 45.6 Å². The predicted molar refractivity (Wildman–Crippen MR) is 81.2 cm³/mol. The Bertz CT molecular complexity index is 660. The summed E-state index contributed by atoms with van der Waals surface area (Å²) in [4.78, 5) is 0. The van der Waals surface area contributed by atoms with E-state index in [9.17, 15) is 0 Å². The van der Waals surface area contributed by atoms with Gasteiger partial charge in [0.25, 0.3) is 0 Å². The van der Waals surface area contributed by atoms with Crippen LogP contribution in [0.5, 0.6) is 0 Å². The fraction of sp³-hybridized carbons (Fsp3) is 0.533. The van der Waals surface area contributed by atoms with Gasteiger partial charge in [-0.3, -0.25) is 4.68 Å². The molecule has 1 fully saturated rings. The summed E-state index contributed by atoms with van der Waals surface area (Å²) in [5, 5.41) is 5.44. The van der Waals surface area contributed by atoms with Crippen LogP contribution in [0.3, 0.4) is 0 Å². The quantitative estimate of drug-likeness (QED) is 0.746. The van der Waals surface area contributed by atoms with E-state index in [-0.39, 0.29) is 18.3 Å². The van der Waals surface area contributed by atoms with Crippen molar-refractivity contribution in [3.63, 3.8) is 0 Å². The molecule has 0 unspecified atom stereocenters. The minimum Gasteiger partial charge on any atom is -0.399 e. The van der Waals surface area contributed by atoms with Gasteiger partial charge in [0.2, 0.25) is 0 Å². The fourth-order valence-corrected chi connectivity index (χ4v) is 2.70. The zero-order chi connectivity index (χ0) is 14.7. The van der Waals surface area contributed by atoms with Crippen LogP contribution >= 0.6 is 0 Å². The van der Waals surface area contributed by atoms with Crippen molar-refractivity contribution in [1.82, 2.24) is 9.78 Å². The first kappa shape index (κ1) is 13.6. The number of benzene rings is 1. The molecule has 3 rings (SSSR count). The van der Waals surface area contributed by atoms with Gasteiger partial charge in [-0.25, -0.2) is 0 Å². The Morgan fingerprint density at radius 1 is 1.10 bits per heavy atom. The largest absolute Gasteiger partial charge is 0.494 e. The van der Waals surface area contributed by atoms with Crippen LogP contribution in [0.15, 0.2) is 18.3 Å². The van der Waals surface area contributed by atoms with Gasteiger partial charge in [0.15, 0.2) is 0 Å². The predicted octanol–water partition coefficient (Wildman–Crippen LogP) is 2.18. The Labute approximate surface area is 120 Å². The maximum absolute atomic E-state index is 6.11. The van der Waals surface area contributed by atoms with E-state index in [2.05, 4.69) is 51.9 Å². The van der Waals surface area contributed by atoms with Crippen LogP contribution in [0.4, 0.5) is 0 Å². The molecule has 1 saturated heterocycles. The molecular weight excluding hydrogens is 251 g/mol. The highest BCUT2D eigenvalue weighted by molar-refractivity contribution is 6.62. The van der Waals surface area contributed by atoms with E-state index >= 15 is 0 Å². The van der Waals surface area contributed by atoms with E-state index in [1.54, 1.807) is 0 Å². The summed E-state index contributed by atoms with van der Waals surface area (Å²) in [6.45, 7) is 10.4. The van der Waals surface area contributed by atoms with Crippen molar-refractivity contribution >= 4 is 23.5 Å². The summed E-state index contributed by atoms with van der Waals surface area (Å²) >= 11 is 0. The maximum Gasteiger partial charge on any atom is 0.494 e. The minimum absolute atomic E-state index is 0.310. The van der Waals surface area contributed by atoms with Crippen molar-refractivity contribution in [2.45, 2.75) is 45.8 Å². The SMILES string of the molecule is Cc1cc(B2OC(C)(C)C(C)(C)O2)cc2cnn(C)c12. The van der Waals surface area contributed by atoms with Crippen LogP contribution in [0, 0.1) is 6.92 Å². The van der Waals surface area contributed by atoms with E-state index in [1.807, 2.05) is 17.9 Å². The second-order valence-corrected chi connectivity index (χ2v) is 6.63. The van der Waals surface area contributed by atoms with Crippen molar-refractivity contribution < 1.29 is 9.31 Å². The summed E-state index contributed by atoms with van der Waals surface area (Å²) in [5.41, 5.74) is 2.78. The van der Waals surface area contributed by atoms with Gasteiger partial charge in [0, 0.05) is 12.4 Å². The fourth-order valence-electron chi connectivity index (χ4n) is 2.70. The molecule has 106 valence electrons. The molecule has 0 amide bonds. The molecule has 0 radical (unpaired) electrons. The molecule has 20 heavy (non-hydrogen) atoms. The molecule has 0 spiro atoms. The third-order valence-electron chi connectivity index (χ3n) is 4.57. The minimum atomic E-state index is -0.316. The first-order valence-corrected chi connectivity index (χ1v) is 6.99. The van der Waals surface area contributed by atoms with Crippen molar-refractivity contribution in [2.75, 3.05) is 0 Å². The standard InChI is InChI=1S/C15H21BN2O2/c1-10-7-12(8-11-9-17-18(6)13(10)11)16-19-14(2,3)15(4,5)20-16/h7-9H,1-6H3. The Kier molecular flexibility index (Phi) is 2.79. The lowest BCUT2D eigenvalue weighted by atomic mass is 9.78. The summed E-state index contributed by atoms with van der Waals surface area (Å²) in [6, 6.07) is 4.24. The summed E-state index contributed by atoms with van der Waals surface area (Å²) in [6.07, 6.45) is 1.89. The van der Waals surface area contributed by atoms with Crippen molar-refractivity contribution in [1.29, 1.82) is 0 Å². The normalized spacial score (nSPS) is 20.8. The van der Waals surface area contributed by atoms with Crippen LogP contribution in [-0.2, 0) is 16.4 Å². The number of rotatable bonds is 1. The van der Waals surface area contributed by atoms with Gasteiger partial charge < -0.3 is 9.31 Å².